The summed E-state index contributed by atoms with van der Waals surface area (Å²) in [5, 5.41) is 8.69. The van der Waals surface area contributed by atoms with Gasteiger partial charge in [-0.1, -0.05) is 5.16 Å². The number of aromatic nitrogens is 4. The number of hydrogen-bond acceptors (Lipinski definition) is 6. The maximum Gasteiger partial charge on any atom is 0.278 e. The van der Waals surface area contributed by atoms with Crippen LogP contribution in [-0.4, -0.2) is 50.0 Å². The molecule has 0 bridgehead atoms. The summed E-state index contributed by atoms with van der Waals surface area (Å²) in [4.78, 5) is 19.1. The third kappa shape index (κ3) is 2.55. The zero-order valence-corrected chi connectivity index (χ0v) is 14.3. The highest BCUT2D eigenvalue weighted by atomic mass is 16.5. The summed E-state index contributed by atoms with van der Waals surface area (Å²) in [6.45, 7) is 1.90. The first-order valence-electron chi connectivity index (χ1n) is 9.00. The second-order valence-electron chi connectivity index (χ2n) is 7.14. The highest BCUT2D eigenvalue weighted by molar-refractivity contribution is 5.81. The molecule has 4 heterocycles. The van der Waals surface area contributed by atoms with Gasteiger partial charge in [0.15, 0.2) is 11.5 Å². The maximum atomic E-state index is 12.7. The van der Waals surface area contributed by atoms with Crippen LogP contribution in [0.25, 0.3) is 11.6 Å². The number of carbonyl (C=O) groups excluding carboxylic acids is 1. The SMILES string of the molecule is Cn1nc(-c2nc(C3CC3)no2)c2c1CCN(C(=O)C1CCCO1)C2. The van der Waals surface area contributed by atoms with Crippen LogP contribution in [0.4, 0.5) is 0 Å². The molecule has 132 valence electrons. The first-order chi connectivity index (χ1) is 12.2. The van der Waals surface area contributed by atoms with Gasteiger partial charge in [0.05, 0.1) is 0 Å². The maximum absolute atomic E-state index is 12.7. The summed E-state index contributed by atoms with van der Waals surface area (Å²) in [6, 6.07) is 0. The first kappa shape index (κ1) is 15.1. The van der Waals surface area contributed by atoms with Crippen LogP contribution in [-0.2, 0) is 29.5 Å². The highest BCUT2D eigenvalue weighted by Gasteiger charge is 2.35. The van der Waals surface area contributed by atoms with Crippen molar-refractivity contribution >= 4 is 5.91 Å². The van der Waals surface area contributed by atoms with Gasteiger partial charge in [-0.15, -0.1) is 0 Å². The Bertz CT molecular complexity index is 816. The number of hydrogen-bond donors (Lipinski definition) is 0. The number of carbonyl (C=O) groups is 1. The molecule has 0 N–H and O–H groups in total. The Hall–Kier alpha value is -2.22. The predicted octanol–water partition coefficient (Wildman–Crippen LogP) is 1.41. The summed E-state index contributed by atoms with van der Waals surface area (Å²) in [7, 11) is 1.93. The molecule has 1 unspecified atom stereocenters. The van der Waals surface area contributed by atoms with Gasteiger partial charge >= 0.3 is 0 Å². The molecule has 0 aromatic carbocycles. The van der Waals surface area contributed by atoms with Crippen molar-refractivity contribution in [3.05, 3.63) is 17.1 Å². The molecule has 1 saturated heterocycles. The van der Waals surface area contributed by atoms with Crippen LogP contribution < -0.4 is 0 Å². The van der Waals surface area contributed by atoms with E-state index in [9.17, 15) is 4.79 Å². The normalized spacial score (nSPS) is 23.1. The molecule has 25 heavy (non-hydrogen) atoms. The van der Waals surface area contributed by atoms with Gasteiger partial charge in [0.25, 0.3) is 11.8 Å². The highest BCUT2D eigenvalue weighted by Crippen LogP contribution is 2.39. The lowest BCUT2D eigenvalue weighted by Crippen LogP contribution is -2.42. The fourth-order valence-electron chi connectivity index (χ4n) is 3.77. The van der Waals surface area contributed by atoms with Crippen molar-refractivity contribution in [2.45, 2.75) is 50.7 Å². The van der Waals surface area contributed by atoms with Crippen LogP contribution >= 0.6 is 0 Å². The van der Waals surface area contributed by atoms with E-state index in [1.807, 2.05) is 16.6 Å². The summed E-state index contributed by atoms with van der Waals surface area (Å²) in [6.07, 6.45) is 4.52. The summed E-state index contributed by atoms with van der Waals surface area (Å²) in [5.41, 5.74) is 2.87. The van der Waals surface area contributed by atoms with E-state index < -0.39 is 0 Å². The van der Waals surface area contributed by atoms with Crippen LogP contribution in [0.5, 0.6) is 0 Å². The number of ether oxygens (including phenoxy) is 1. The minimum Gasteiger partial charge on any atom is -0.368 e. The number of aryl methyl sites for hydroxylation is 1. The van der Waals surface area contributed by atoms with E-state index in [4.69, 9.17) is 9.26 Å². The minimum atomic E-state index is -0.286. The van der Waals surface area contributed by atoms with Crippen molar-refractivity contribution in [1.29, 1.82) is 0 Å². The van der Waals surface area contributed by atoms with Gasteiger partial charge in [-0.25, -0.2) is 0 Å². The van der Waals surface area contributed by atoms with Crippen LogP contribution in [0.1, 0.15) is 48.7 Å². The number of rotatable bonds is 3. The molecule has 2 aromatic heterocycles. The molecule has 0 spiro atoms. The zero-order chi connectivity index (χ0) is 17.0. The third-order valence-corrected chi connectivity index (χ3v) is 5.35. The molecule has 1 saturated carbocycles. The summed E-state index contributed by atoms with van der Waals surface area (Å²) >= 11 is 0. The number of nitrogens with zero attached hydrogens (tertiary/aromatic N) is 5. The molecule has 8 nitrogen and oxygen atoms in total. The predicted molar refractivity (Wildman–Crippen MR) is 86.6 cm³/mol. The van der Waals surface area contributed by atoms with Crippen molar-refractivity contribution < 1.29 is 14.1 Å². The topological polar surface area (TPSA) is 86.3 Å². The van der Waals surface area contributed by atoms with E-state index >= 15 is 0 Å². The van der Waals surface area contributed by atoms with Gasteiger partial charge in [0, 0.05) is 50.3 Å². The largest absolute Gasteiger partial charge is 0.368 e. The number of amides is 1. The molecule has 1 atom stereocenters. The van der Waals surface area contributed by atoms with E-state index in [0.717, 1.165) is 49.2 Å². The lowest BCUT2D eigenvalue weighted by molar-refractivity contribution is -0.141. The molecule has 1 amide bonds. The Morgan fingerprint density at radius 1 is 1.28 bits per heavy atom. The smallest absolute Gasteiger partial charge is 0.278 e. The fourth-order valence-corrected chi connectivity index (χ4v) is 3.77. The molecule has 1 aliphatic carbocycles. The summed E-state index contributed by atoms with van der Waals surface area (Å²) < 4.78 is 12.9. The van der Waals surface area contributed by atoms with Crippen molar-refractivity contribution in [3.63, 3.8) is 0 Å². The standard InChI is InChI=1S/C17H21N5O3/c1-21-12-6-7-22(17(23)13-3-2-8-24-13)9-11(12)14(19-21)16-18-15(20-25-16)10-4-5-10/h10,13H,2-9H2,1H3. The average molecular weight is 343 g/mol. The Morgan fingerprint density at radius 2 is 2.16 bits per heavy atom. The van der Waals surface area contributed by atoms with Gasteiger partial charge in [0.2, 0.25) is 0 Å². The lowest BCUT2D eigenvalue weighted by Gasteiger charge is -2.29. The van der Waals surface area contributed by atoms with Crippen LogP contribution in [0.15, 0.2) is 4.52 Å². The third-order valence-electron chi connectivity index (χ3n) is 5.35. The molecule has 5 rings (SSSR count). The van der Waals surface area contributed by atoms with Gasteiger partial charge in [0.1, 0.15) is 6.10 Å². The Balaban J connectivity index is 1.44. The molecule has 2 aliphatic heterocycles. The Morgan fingerprint density at radius 3 is 2.92 bits per heavy atom. The van der Waals surface area contributed by atoms with Crippen LogP contribution in [0.3, 0.4) is 0 Å². The molecule has 0 radical (unpaired) electrons. The molecule has 8 heteroatoms. The van der Waals surface area contributed by atoms with Crippen molar-refractivity contribution in [2.24, 2.45) is 7.05 Å². The van der Waals surface area contributed by atoms with Gasteiger partial charge in [-0.3, -0.25) is 9.48 Å². The second kappa shape index (κ2) is 5.66. The first-order valence-corrected chi connectivity index (χ1v) is 9.00. The summed E-state index contributed by atoms with van der Waals surface area (Å²) in [5.74, 6) is 1.76. The minimum absolute atomic E-state index is 0.0853. The zero-order valence-electron chi connectivity index (χ0n) is 14.3. The van der Waals surface area contributed by atoms with E-state index in [2.05, 4.69) is 15.2 Å². The van der Waals surface area contributed by atoms with E-state index in [1.54, 1.807) is 0 Å². The van der Waals surface area contributed by atoms with Gasteiger partial charge in [-0.05, 0) is 25.7 Å². The van der Waals surface area contributed by atoms with Gasteiger partial charge in [-0.2, -0.15) is 10.1 Å². The quantitative estimate of drug-likeness (QED) is 0.837. The second-order valence-corrected chi connectivity index (χ2v) is 7.14. The van der Waals surface area contributed by atoms with Gasteiger partial charge < -0.3 is 14.2 Å². The Kier molecular flexibility index (Phi) is 3.41. The van der Waals surface area contributed by atoms with Crippen LogP contribution in [0, 0.1) is 0 Å². The molecule has 3 aliphatic rings. The lowest BCUT2D eigenvalue weighted by atomic mass is 10.0. The van der Waals surface area contributed by atoms with Crippen LogP contribution in [0.2, 0.25) is 0 Å². The van der Waals surface area contributed by atoms with E-state index in [-0.39, 0.29) is 12.0 Å². The molecule has 2 aromatic rings. The van der Waals surface area contributed by atoms with Crippen molar-refractivity contribution in [1.82, 2.24) is 24.8 Å². The van der Waals surface area contributed by atoms with Crippen molar-refractivity contribution in [2.75, 3.05) is 13.2 Å². The Labute approximate surface area is 145 Å². The van der Waals surface area contributed by atoms with Crippen molar-refractivity contribution in [3.8, 4) is 11.6 Å². The fraction of sp³-hybridized carbons (Fsp3) is 0.647. The monoisotopic (exact) mass is 343 g/mol. The average Bonchev–Trinajstić information content (AvgIpc) is 3.04. The molecule has 2 fully saturated rings. The molecular formula is C17H21N5O3. The van der Waals surface area contributed by atoms with E-state index in [1.165, 1.54) is 0 Å². The molecular weight excluding hydrogens is 322 g/mol. The number of fused-ring (bicyclic) bond motifs is 1. The van der Waals surface area contributed by atoms with E-state index in [0.29, 0.717) is 37.2 Å².